The van der Waals surface area contributed by atoms with E-state index < -0.39 is 33.5 Å². The van der Waals surface area contributed by atoms with Crippen LogP contribution in [0, 0.1) is 11.6 Å². The number of fused-ring (bicyclic) bond motifs is 1. The highest BCUT2D eigenvalue weighted by Gasteiger charge is 2.24. The summed E-state index contributed by atoms with van der Waals surface area (Å²) in [6.07, 6.45) is -0.0874. The summed E-state index contributed by atoms with van der Waals surface area (Å²) in [5, 5.41) is 11.2. The molecule has 6 nitrogen and oxygen atoms in total. The Hall–Kier alpha value is -3.46. The van der Waals surface area contributed by atoms with E-state index in [9.17, 15) is 27.1 Å². The quantitative estimate of drug-likeness (QED) is 0.582. The molecule has 0 aromatic heterocycles. The van der Waals surface area contributed by atoms with Crippen LogP contribution < -0.4 is 14.6 Å². The van der Waals surface area contributed by atoms with E-state index >= 15 is 0 Å². The Bertz CT molecular complexity index is 1280. The van der Waals surface area contributed by atoms with Crippen LogP contribution in [0.2, 0.25) is 0 Å². The monoisotopic (exact) mass is 459 g/mol. The number of benzene rings is 3. The zero-order chi connectivity index (χ0) is 23.0. The van der Waals surface area contributed by atoms with Crippen LogP contribution in [0.4, 0.5) is 8.78 Å². The molecule has 1 unspecified atom stereocenters. The lowest BCUT2D eigenvalue weighted by Crippen LogP contribution is -2.45. The molecule has 0 amide bonds. The minimum absolute atomic E-state index is 0.102. The summed E-state index contributed by atoms with van der Waals surface area (Å²) in [7, 11) is -3.39. The normalized spacial score (nSPS) is 15.4. The lowest BCUT2D eigenvalue weighted by atomic mass is 9.94. The molecular formula is C23H17F2O6S-. The van der Waals surface area contributed by atoms with Crippen LogP contribution in [0.15, 0.2) is 59.5 Å². The van der Waals surface area contributed by atoms with E-state index in [0.717, 1.165) is 12.3 Å². The number of halogens is 2. The first kappa shape index (κ1) is 21.8. The van der Waals surface area contributed by atoms with E-state index in [1.807, 2.05) is 0 Å². The van der Waals surface area contributed by atoms with Gasteiger partial charge in [0.05, 0.1) is 10.9 Å². The van der Waals surface area contributed by atoms with Crippen molar-refractivity contribution >= 4 is 15.8 Å². The van der Waals surface area contributed by atoms with Crippen molar-refractivity contribution in [1.82, 2.24) is 0 Å². The predicted molar refractivity (Wildman–Crippen MR) is 109 cm³/mol. The molecule has 0 radical (unpaired) electrons. The molecule has 1 atom stereocenters. The first-order chi connectivity index (χ1) is 15.1. The average Bonchev–Trinajstić information content (AvgIpc) is 2.71. The zero-order valence-electron chi connectivity index (χ0n) is 16.8. The number of sulfone groups is 1. The maximum absolute atomic E-state index is 13.7. The van der Waals surface area contributed by atoms with Crippen molar-refractivity contribution in [2.45, 2.75) is 17.4 Å². The Morgan fingerprint density at radius 2 is 1.69 bits per heavy atom. The first-order valence-corrected chi connectivity index (χ1v) is 11.4. The fourth-order valence-corrected chi connectivity index (χ4v) is 4.14. The van der Waals surface area contributed by atoms with Gasteiger partial charge in [-0.3, -0.25) is 0 Å². The van der Waals surface area contributed by atoms with Gasteiger partial charge in [0.25, 0.3) is 0 Å². The van der Waals surface area contributed by atoms with Crippen LogP contribution in [0.25, 0.3) is 11.1 Å². The fourth-order valence-electron chi connectivity index (χ4n) is 3.51. The SMILES string of the molecule is CS(=O)(=O)c1ccc(-c2cc3c(cc2Cc2cc(F)cc(F)c2)OC(C(=O)[O-])CO3)cc1. The predicted octanol–water partition coefficient (Wildman–Crippen LogP) is 2.52. The molecule has 3 aromatic rings. The number of hydrogen-bond donors (Lipinski definition) is 0. The molecule has 9 heteroatoms. The van der Waals surface area contributed by atoms with Gasteiger partial charge in [-0.15, -0.1) is 0 Å². The van der Waals surface area contributed by atoms with Gasteiger partial charge in [0.15, 0.2) is 27.4 Å². The van der Waals surface area contributed by atoms with E-state index in [4.69, 9.17) is 9.47 Å². The van der Waals surface area contributed by atoms with Crippen LogP contribution in [0.5, 0.6) is 11.5 Å². The third-order valence-electron chi connectivity index (χ3n) is 5.00. The first-order valence-electron chi connectivity index (χ1n) is 9.53. The second-order valence-corrected chi connectivity index (χ2v) is 9.46. The lowest BCUT2D eigenvalue weighted by Gasteiger charge is -2.28. The third-order valence-corrected chi connectivity index (χ3v) is 6.13. The maximum Gasteiger partial charge on any atom is 0.175 e. The van der Waals surface area contributed by atoms with Crippen molar-refractivity contribution in [3.05, 3.63) is 77.4 Å². The molecule has 3 aromatic carbocycles. The van der Waals surface area contributed by atoms with Crippen LogP contribution in [0.3, 0.4) is 0 Å². The van der Waals surface area contributed by atoms with Crippen LogP contribution in [-0.2, 0) is 21.1 Å². The fraction of sp³-hybridized carbons (Fsp3) is 0.174. The molecule has 32 heavy (non-hydrogen) atoms. The number of carboxylic acid groups (broad SMARTS) is 1. The summed E-state index contributed by atoms with van der Waals surface area (Å²) >= 11 is 0. The highest BCUT2D eigenvalue weighted by atomic mass is 32.2. The molecular weight excluding hydrogens is 442 g/mol. The minimum atomic E-state index is -3.39. The van der Waals surface area contributed by atoms with Crippen LogP contribution >= 0.6 is 0 Å². The maximum atomic E-state index is 13.7. The van der Waals surface area contributed by atoms with Crippen molar-refractivity contribution in [3.63, 3.8) is 0 Å². The Morgan fingerprint density at radius 3 is 2.28 bits per heavy atom. The van der Waals surface area contributed by atoms with Gasteiger partial charge >= 0.3 is 0 Å². The number of carboxylic acids is 1. The molecule has 1 heterocycles. The van der Waals surface area contributed by atoms with E-state index in [-0.39, 0.29) is 23.7 Å². The summed E-state index contributed by atoms with van der Waals surface area (Å²) in [6, 6.07) is 12.5. The summed E-state index contributed by atoms with van der Waals surface area (Å²) in [6.45, 7) is -0.240. The molecule has 4 rings (SSSR count). The topological polar surface area (TPSA) is 92.7 Å². The van der Waals surface area contributed by atoms with Gasteiger partial charge < -0.3 is 19.4 Å². The molecule has 1 aliphatic heterocycles. The molecule has 0 N–H and O–H groups in total. The van der Waals surface area contributed by atoms with Gasteiger partial charge in [-0.2, -0.15) is 0 Å². The van der Waals surface area contributed by atoms with Gasteiger partial charge in [0, 0.05) is 12.3 Å². The molecule has 1 aliphatic rings. The molecule has 0 saturated carbocycles. The van der Waals surface area contributed by atoms with Crippen LogP contribution in [0.1, 0.15) is 11.1 Å². The van der Waals surface area contributed by atoms with Gasteiger partial charge in [-0.1, -0.05) is 12.1 Å². The van der Waals surface area contributed by atoms with E-state index in [2.05, 4.69) is 0 Å². The minimum Gasteiger partial charge on any atom is -0.546 e. The smallest absolute Gasteiger partial charge is 0.175 e. The van der Waals surface area contributed by atoms with Gasteiger partial charge in [-0.05, 0) is 65.1 Å². The Morgan fingerprint density at radius 1 is 1.03 bits per heavy atom. The lowest BCUT2D eigenvalue weighted by molar-refractivity contribution is -0.315. The number of aliphatic carboxylic acids is 1. The summed E-state index contributed by atoms with van der Waals surface area (Å²) < 4.78 is 61.9. The van der Waals surface area contributed by atoms with E-state index in [0.29, 0.717) is 28.0 Å². The number of ether oxygens (including phenoxy) is 2. The van der Waals surface area contributed by atoms with Gasteiger partial charge in [0.1, 0.15) is 18.2 Å². The van der Waals surface area contributed by atoms with Crippen molar-refractivity contribution in [2.24, 2.45) is 0 Å². The van der Waals surface area contributed by atoms with Crippen molar-refractivity contribution in [1.29, 1.82) is 0 Å². The third kappa shape index (κ3) is 4.57. The van der Waals surface area contributed by atoms with E-state index in [1.54, 1.807) is 24.3 Å². The largest absolute Gasteiger partial charge is 0.546 e. The zero-order valence-corrected chi connectivity index (χ0v) is 17.6. The molecule has 0 fully saturated rings. The van der Waals surface area contributed by atoms with Crippen LogP contribution in [-0.4, -0.2) is 33.4 Å². The second kappa shape index (κ2) is 8.23. The number of hydrogen-bond acceptors (Lipinski definition) is 6. The Balaban J connectivity index is 1.81. The van der Waals surface area contributed by atoms with Gasteiger partial charge in [0.2, 0.25) is 0 Å². The standard InChI is InChI=1S/C23H18F2O6S/c1-32(28,29)18-4-2-14(3-5-18)19-11-20-21(31-22(12-30-20)23(26)27)9-15(19)6-13-7-16(24)10-17(25)8-13/h2-5,7-11,22H,6,12H2,1H3,(H,26,27)/p-1. The van der Waals surface area contributed by atoms with Crippen molar-refractivity contribution in [3.8, 4) is 22.6 Å². The highest BCUT2D eigenvalue weighted by Crippen LogP contribution is 2.39. The van der Waals surface area contributed by atoms with Gasteiger partial charge in [-0.25, -0.2) is 17.2 Å². The summed E-state index contributed by atoms with van der Waals surface area (Å²) in [5.41, 5.74) is 2.18. The average molecular weight is 459 g/mol. The molecule has 0 spiro atoms. The van der Waals surface area contributed by atoms with Crippen molar-refractivity contribution in [2.75, 3.05) is 12.9 Å². The van der Waals surface area contributed by atoms with E-state index in [1.165, 1.54) is 24.3 Å². The summed E-state index contributed by atoms with van der Waals surface area (Å²) in [5.74, 6) is -2.43. The second-order valence-electron chi connectivity index (χ2n) is 7.44. The van der Waals surface area contributed by atoms with Crippen molar-refractivity contribution < 1.29 is 36.6 Å². The highest BCUT2D eigenvalue weighted by molar-refractivity contribution is 7.90. The number of rotatable bonds is 5. The Labute approximate surface area is 183 Å². The molecule has 0 bridgehead atoms. The molecule has 0 saturated heterocycles. The Kier molecular flexibility index (Phi) is 5.60. The molecule has 166 valence electrons. The molecule has 0 aliphatic carbocycles. The summed E-state index contributed by atoms with van der Waals surface area (Å²) in [4.78, 5) is 11.3. The number of carbonyl (C=O) groups is 1. The number of carbonyl (C=O) groups excluding carboxylic acids is 1.